The molecule has 7 heteroatoms. The summed E-state index contributed by atoms with van der Waals surface area (Å²) >= 11 is 1.56. The van der Waals surface area contributed by atoms with E-state index in [1.807, 2.05) is 6.92 Å². The number of rotatable bonds is 9. The minimum Gasteiger partial charge on any atom is -0.493 e. The quantitative estimate of drug-likeness (QED) is 0.671. The molecule has 6 nitrogen and oxygen atoms in total. The molecule has 1 rings (SSSR count). The van der Waals surface area contributed by atoms with Gasteiger partial charge in [0.1, 0.15) is 0 Å². The number of amides is 1. The maximum absolute atomic E-state index is 12.3. The molecule has 2 N–H and O–H groups in total. The van der Waals surface area contributed by atoms with Gasteiger partial charge < -0.3 is 19.9 Å². The second-order valence-corrected chi connectivity index (χ2v) is 6.37. The smallest absolute Gasteiger partial charge is 0.335 e. The van der Waals surface area contributed by atoms with Gasteiger partial charge in [0.2, 0.25) is 5.91 Å². The number of benzene rings is 1. The lowest BCUT2D eigenvalue weighted by Crippen LogP contribution is -2.23. The van der Waals surface area contributed by atoms with Crippen molar-refractivity contribution in [3.8, 4) is 11.5 Å². The number of aromatic carboxylic acids is 1. The summed E-state index contributed by atoms with van der Waals surface area (Å²) in [4.78, 5) is 23.5. The molecular formula is C16H23NO5S. The Morgan fingerprint density at radius 1 is 1.30 bits per heavy atom. The minimum absolute atomic E-state index is 0.0178. The average molecular weight is 341 g/mol. The highest BCUT2D eigenvalue weighted by atomic mass is 32.2. The summed E-state index contributed by atoms with van der Waals surface area (Å²) in [7, 11) is 2.85. The minimum atomic E-state index is -1.10. The highest BCUT2D eigenvalue weighted by Gasteiger charge is 2.20. The molecular weight excluding hydrogens is 318 g/mol. The van der Waals surface area contributed by atoms with Crippen molar-refractivity contribution >= 4 is 29.3 Å². The van der Waals surface area contributed by atoms with Gasteiger partial charge in [-0.05, 0) is 31.2 Å². The van der Waals surface area contributed by atoms with Gasteiger partial charge in [-0.3, -0.25) is 4.79 Å². The summed E-state index contributed by atoms with van der Waals surface area (Å²) in [5.74, 6) is 0.159. The third kappa shape index (κ3) is 5.35. The van der Waals surface area contributed by atoms with Gasteiger partial charge in [-0.2, -0.15) is 0 Å². The van der Waals surface area contributed by atoms with Crippen LogP contribution in [-0.4, -0.2) is 42.2 Å². The predicted molar refractivity (Wildman–Crippen MR) is 92.0 cm³/mol. The summed E-state index contributed by atoms with van der Waals surface area (Å²) in [6, 6.07) is 2.72. The summed E-state index contributed by atoms with van der Waals surface area (Å²) in [5, 5.41) is 11.7. The first-order chi connectivity index (χ1) is 10.9. The van der Waals surface area contributed by atoms with Crippen LogP contribution in [0, 0.1) is 0 Å². The van der Waals surface area contributed by atoms with Crippen LogP contribution in [0.5, 0.6) is 11.5 Å². The van der Waals surface area contributed by atoms with Crippen molar-refractivity contribution < 1.29 is 24.2 Å². The Hall–Kier alpha value is -1.89. The van der Waals surface area contributed by atoms with Crippen molar-refractivity contribution in [2.75, 3.05) is 25.3 Å². The number of hydrogen-bond donors (Lipinski definition) is 2. The monoisotopic (exact) mass is 341 g/mol. The first-order valence-corrected chi connectivity index (χ1v) is 8.41. The van der Waals surface area contributed by atoms with Crippen LogP contribution in [0.25, 0.3) is 0 Å². The van der Waals surface area contributed by atoms with Crippen LogP contribution in [-0.2, 0) is 4.79 Å². The molecule has 1 unspecified atom stereocenters. The van der Waals surface area contributed by atoms with E-state index in [1.165, 1.54) is 26.4 Å². The fourth-order valence-corrected chi connectivity index (χ4v) is 2.91. The lowest BCUT2D eigenvalue weighted by Gasteiger charge is -2.17. The zero-order valence-corrected chi connectivity index (χ0v) is 14.7. The molecule has 128 valence electrons. The van der Waals surface area contributed by atoms with Gasteiger partial charge in [-0.15, -0.1) is 11.8 Å². The molecule has 1 aromatic rings. The van der Waals surface area contributed by atoms with E-state index in [0.717, 1.165) is 18.6 Å². The third-order valence-electron chi connectivity index (χ3n) is 3.22. The molecule has 0 saturated heterocycles. The summed E-state index contributed by atoms with van der Waals surface area (Å²) in [6.45, 7) is 3.92. The molecule has 23 heavy (non-hydrogen) atoms. The number of anilines is 1. The Labute approximate surface area is 140 Å². The molecule has 0 aliphatic heterocycles. The van der Waals surface area contributed by atoms with Crippen molar-refractivity contribution in [1.29, 1.82) is 0 Å². The zero-order valence-electron chi connectivity index (χ0n) is 13.8. The molecule has 0 radical (unpaired) electrons. The van der Waals surface area contributed by atoms with Gasteiger partial charge in [-0.1, -0.05) is 13.3 Å². The van der Waals surface area contributed by atoms with Crippen LogP contribution in [0.1, 0.15) is 37.0 Å². The van der Waals surface area contributed by atoms with Crippen LogP contribution in [0.3, 0.4) is 0 Å². The summed E-state index contributed by atoms with van der Waals surface area (Å²) < 4.78 is 10.4. The Morgan fingerprint density at radius 2 is 2.00 bits per heavy atom. The highest BCUT2D eigenvalue weighted by Crippen LogP contribution is 2.37. The molecule has 1 amide bonds. The molecule has 0 heterocycles. The number of nitrogens with one attached hydrogen (secondary N) is 1. The van der Waals surface area contributed by atoms with Crippen molar-refractivity contribution in [3.63, 3.8) is 0 Å². The van der Waals surface area contributed by atoms with E-state index in [0.29, 0.717) is 5.75 Å². The van der Waals surface area contributed by atoms with Crippen molar-refractivity contribution in [2.24, 2.45) is 0 Å². The molecule has 0 aromatic heterocycles. The lowest BCUT2D eigenvalue weighted by molar-refractivity contribution is -0.115. The predicted octanol–water partition coefficient (Wildman–Crippen LogP) is 3.26. The third-order valence-corrected chi connectivity index (χ3v) is 4.46. The van der Waals surface area contributed by atoms with Crippen molar-refractivity contribution in [2.45, 2.75) is 31.9 Å². The van der Waals surface area contributed by atoms with E-state index in [-0.39, 0.29) is 28.2 Å². The molecule has 0 aliphatic rings. The Balaban J connectivity index is 2.99. The molecule has 1 aromatic carbocycles. The standard InChI is InChI=1S/C16H23NO5S/c1-5-6-7-23-10(2)15(18)17-12-8-11(16(19)20)9-13(21-3)14(12)22-4/h8-10H,5-7H2,1-4H3,(H,17,18)(H,19,20). The number of unbranched alkanes of at least 4 members (excludes halogenated alkanes) is 1. The van der Waals surface area contributed by atoms with Crippen LogP contribution < -0.4 is 14.8 Å². The van der Waals surface area contributed by atoms with Gasteiger partial charge in [0.15, 0.2) is 11.5 Å². The van der Waals surface area contributed by atoms with E-state index in [2.05, 4.69) is 12.2 Å². The fraction of sp³-hybridized carbons (Fsp3) is 0.500. The van der Waals surface area contributed by atoms with Gasteiger partial charge >= 0.3 is 5.97 Å². The van der Waals surface area contributed by atoms with Crippen LogP contribution >= 0.6 is 11.8 Å². The maximum Gasteiger partial charge on any atom is 0.335 e. The fourth-order valence-electron chi connectivity index (χ4n) is 1.90. The number of carbonyl (C=O) groups is 2. The average Bonchev–Trinajstić information content (AvgIpc) is 2.53. The lowest BCUT2D eigenvalue weighted by atomic mass is 10.1. The second-order valence-electron chi connectivity index (χ2n) is 4.92. The van der Waals surface area contributed by atoms with E-state index in [9.17, 15) is 9.59 Å². The zero-order chi connectivity index (χ0) is 17.4. The van der Waals surface area contributed by atoms with Crippen LogP contribution in [0.2, 0.25) is 0 Å². The van der Waals surface area contributed by atoms with E-state index in [4.69, 9.17) is 14.6 Å². The molecule has 0 aliphatic carbocycles. The summed E-state index contributed by atoms with van der Waals surface area (Å²) in [6.07, 6.45) is 2.13. The number of thioether (sulfide) groups is 1. The van der Waals surface area contributed by atoms with E-state index in [1.54, 1.807) is 11.8 Å². The topological polar surface area (TPSA) is 84.9 Å². The number of ether oxygens (including phenoxy) is 2. The largest absolute Gasteiger partial charge is 0.493 e. The van der Waals surface area contributed by atoms with Gasteiger partial charge in [0.05, 0.1) is 30.7 Å². The number of methoxy groups -OCH3 is 2. The van der Waals surface area contributed by atoms with Crippen molar-refractivity contribution in [3.05, 3.63) is 17.7 Å². The molecule has 0 bridgehead atoms. The van der Waals surface area contributed by atoms with Crippen molar-refractivity contribution in [1.82, 2.24) is 0 Å². The molecule has 0 fully saturated rings. The first kappa shape index (κ1) is 19.2. The van der Waals surface area contributed by atoms with Crippen LogP contribution in [0.4, 0.5) is 5.69 Å². The summed E-state index contributed by atoms with van der Waals surface area (Å²) in [5.41, 5.74) is 0.307. The Morgan fingerprint density at radius 3 is 2.52 bits per heavy atom. The molecule has 0 saturated carbocycles. The Bertz CT molecular complexity index is 562. The van der Waals surface area contributed by atoms with Gasteiger partial charge in [-0.25, -0.2) is 4.79 Å². The maximum atomic E-state index is 12.3. The number of carbonyl (C=O) groups excluding carboxylic acids is 1. The second kappa shape index (κ2) is 9.29. The van der Waals surface area contributed by atoms with E-state index < -0.39 is 5.97 Å². The van der Waals surface area contributed by atoms with Crippen LogP contribution in [0.15, 0.2) is 12.1 Å². The Kier molecular flexibility index (Phi) is 7.74. The van der Waals surface area contributed by atoms with Gasteiger partial charge in [0, 0.05) is 0 Å². The van der Waals surface area contributed by atoms with E-state index >= 15 is 0 Å². The molecule has 1 atom stereocenters. The van der Waals surface area contributed by atoms with Gasteiger partial charge in [0.25, 0.3) is 0 Å². The number of hydrogen-bond acceptors (Lipinski definition) is 5. The first-order valence-electron chi connectivity index (χ1n) is 7.36. The normalized spacial score (nSPS) is 11.7. The molecule has 0 spiro atoms. The SMILES string of the molecule is CCCCSC(C)C(=O)Nc1cc(C(=O)O)cc(OC)c1OC. The number of carboxylic acids is 1. The highest BCUT2D eigenvalue weighted by molar-refractivity contribution is 8.00. The number of carboxylic acid groups (broad SMARTS) is 1.